The first kappa shape index (κ1) is 19.5. The Morgan fingerprint density at radius 3 is 2.43 bits per heavy atom. The van der Waals surface area contributed by atoms with Crippen molar-refractivity contribution >= 4 is 5.91 Å². The van der Waals surface area contributed by atoms with E-state index in [0.29, 0.717) is 25.9 Å². The number of aromatic amines is 1. The van der Waals surface area contributed by atoms with Gasteiger partial charge in [-0.1, -0.05) is 0 Å². The summed E-state index contributed by atoms with van der Waals surface area (Å²) in [6.07, 6.45) is 9.03. The van der Waals surface area contributed by atoms with Crippen LogP contribution < -0.4 is 16.0 Å². The highest BCUT2D eigenvalue weighted by atomic mass is 16.5. The fourth-order valence-electron chi connectivity index (χ4n) is 3.29. The fourth-order valence-corrected chi connectivity index (χ4v) is 3.29. The molecule has 10 nitrogen and oxygen atoms in total. The molecule has 0 aliphatic carbocycles. The highest BCUT2D eigenvalue weighted by Crippen LogP contribution is 2.20. The molecule has 0 aromatic carbocycles. The predicted molar refractivity (Wildman–Crippen MR) is 107 cm³/mol. The van der Waals surface area contributed by atoms with Crippen LogP contribution in [-0.2, 0) is 7.05 Å². The van der Waals surface area contributed by atoms with Crippen LogP contribution in [0.5, 0.6) is 6.01 Å². The van der Waals surface area contributed by atoms with Gasteiger partial charge >= 0.3 is 11.7 Å². The van der Waals surface area contributed by atoms with Crippen LogP contribution in [0, 0.1) is 0 Å². The van der Waals surface area contributed by atoms with Gasteiger partial charge in [0.05, 0.1) is 0 Å². The molecule has 4 heterocycles. The van der Waals surface area contributed by atoms with Crippen LogP contribution in [0.25, 0.3) is 11.1 Å². The van der Waals surface area contributed by atoms with E-state index in [1.807, 2.05) is 12.1 Å². The van der Waals surface area contributed by atoms with Gasteiger partial charge in [-0.05, 0) is 17.7 Å². The van der Waals surface area contributed by atoms with Crippen LogP contribution in [0.3, 0.4) is 0 Å². The second-order valence-electron chi connectivity index (χ2n) is 6.97. The van der Waals surface area contributed by atoms with Crippen molar-refractivity contribution in [1.29, 1.82) is 0 Å². The molecule has 30 heavy (non-hydrogen) atoms. The molecule has 0 unspecified atom stereocenters. The summed E-state index contributed by atoms with van der Waals surface area (Å²) < 4.78 is 6.74. The molecule has 1 N–H and O–H groups in total. The Balaban J connectivity index is 1.36. The van der Waals surface area contributed by atoms with Crippen LogP contribution in [0.15, 0.2) is 52.7 Å². The van der Waals surface area contributed by atoms with Gasteiger partial charge in [-0.25, -0.2) is 14.8 Å². The van der Waals surface area contributed by atoms with Crippen molar-refractivity contribution in [3.05, 3.63) is 69.5 Å². The second-order valence-corrected chi connectivity index (χ2v) is 6.97. The largest absolute Gasteiger partial charge is 0.460 e. The second kappa shape index (κ2) is 8.27. The number of amides is 1. The van der Waals surface area contributed by atoms with Crippen molar-refractivity contribution in [3.8, 4) is 17.1 Å². The van der Waals surface area contributed by atoms with E-state index in [0.717, 1.165) is 15.7 Å². The van der Waals surface area contributed by atoms with E-state index in [9.17, 15) is 14.4 Å². The van der Waals surface area contributed by atoms with Crippen LogP contribution >= 0.6 is 0 Å². The Morgan fingerprint density at radius 1 is 1.10 bits per heavy atom. The molecule has 4 rings (SSSR count). The SMILES string of the molecule is Cn1c(=O)[nH]cc(C(=O)N2CCC(Oc3ncc(-c4ccncc4)cn3)CC2)c1=O. The molecule has 154 valence electrons. The minimum Gasteiger partial charge on any atom is -0.460 e. The van der Waals surface area contributed by atoms with Gasteiger partial charge in [-0.15, -0.1) is 0 Å². The first-order valence-electron chi connectivity index (χ1n) is 9.50. The average Bonchev–Trinajstić information content (AvgIpc) is 2.79. The first-order chi connectivity index (χ1) is 14.5. The topological polar surface area (TPSA) is 123 Å². The maximum Gasteiger partial charge on any atom is 0.328 e. The number of rotatable bonds is 4. The number of hydrogen-bond acceptors (Lipinski definition) is 7. The summed E-state index contributed by atoms with van der Waals surface area (Å²) in [5, 5.41) is 0. The van der Waals surface area contributed by atoms with Gasteiger partial charge in [-0.2, -0.15) is 0 Å². The minimum absolute atomic E-state index is 0.0495. The molecule has 0 bridgehead atoms. The van der Waals surface area contributed by atoms with Crippen LogP contribution in [0.4, 0.5) is 0 Å². The van der Waals surface area contributed by atoms with Gasteiger partial charge in [0.25, 0.3) is 11.5 Å². The zero-order valence-corrected chi connectivity index (χ0v) is 16.3. The first-order valence-corrected chi connectivity index (χ1v) is 9.50. The lowest BCUT2D eigenvalue weighted by atomic mass is 10.1. The van der Waals surface area contributed by atoms with Gasteiger partial charge in [-0.3, -0.25) is 19.1 Å². The highest BCUT2D eigenvalue weighted by molar-refractivity contribution is 5.93. The van der Waals surface area contributed by atoms with E-state index in [-0.39, 0.29) is 17.7 Å². The number of hydrogen-bond donors (Lipinski definition) is 1. The number of H-pyrrole nitrogens is 1. The number of nitrogens with zero attached hydrogens (tertiary/aromatic N) is 5. The maximum atomic E-state index is 12.6. The molecular formula is C20H20N6O4. The molecule has 0 radical (unpaired) electrons. The summed E-state index contributed by atoms with van der Waals surface area (Å²) in [6, 6.07) is 4.04. The molecule has 3 aromatic heterocycles. The fraction of sp³-hybridized carbons (Fsp3) is 0.300. The van der Waals surface area contributed by atoms with Crippen molar-refractivity contribution in [2.24, 2.45) is 7.05 Å². The van der Waals surface area contributed by atoms with Gasteiger partial charge in [0.15, 0.2) is 0 Å². The molecule has 0 atom stereocenters. The van der Waals surface area contributed by atoms with Gasteiger partial charge < -0.3 is 14.6 Å². The van der Waals surface area contributed by atoms with Crippen molar-refractivity contribution in [3.63, 3.8) is 0 Å². The Labute approximate surface area is 171 Å². The number of likely N-dealkylation sites (tertiary alicyclic amines) is 1. The number of piperidine rings is 1. The predicted octanol–water partition coefficient (Wildman–Crippen LogP) is 0.609. The smallest absolute Gasteiger partial charge is 0.328 e. The number of nitrogens with one attached hydrogen (secondary N) is 1. The molecule has 3 aromatic rings. The molecular weight excluding hydrogens is 388 g/mol. The molecule has 1 saturated heterocycles. The van der Waals surface area contributed by atoms with Gasteiger partial charge in [0, 0.05) is 69.5 Å². The highest BCUT2D eigenvalue weighted by Gasteiger charge is 2.27. The molecule has 0 saturated carbocycles. The lowest BCUT2D eigenvalue weighted by Gasteiger charge is -2.31. The van der Waals surface area contributed by atoms with Crippen LogP contribution in [0.1, 0.15) is 23.2 Å². The third-order valence-corrected chi connectivity index (χ3v) is 5.05. The normalized spacial score (nSPS) is 14.5. The Bertz CT molecular complexity index is 1150. The van der Waals surface area contributed by atoms with E-state index in [1.165, 1.54) is 13.2 Å². The van der Waals surface area contributed by atoms with Gasteiger partial charge in [0.1, 0.15) is 11.7 Å². The average molecular weight is 408 g/mol. The van der Waals surface area contributed by atoms with E-state index < -0.39 is 17.2 Å². The quantitative estimate of drug-likeness (QED) is 0.671. The number of carbonyl (C=O) groups is 1. The summed E-state index contributed by atoms with van der Waals surface area (Å²) in [7, 11) is 1.33. The van der Waals surface area contributed by atoms with E-state index in [4.69, 9.17) is 4.74 Å². The number of carbonyl (C=O) groups excluding carboxylic acids is 1. The number of pyridine rings is 1. The van der Waals surface area contributed by atoms with Crippen molar-refractivity contribution < 1.29 is 9.53 Å². The molecule has 0 spiro atoms. The molecule has 1 aliphatic rings. The van der Waals surface area contributed by atoms with E-state index in [1.54, 1.807) is 29.7 Å². The Hall–Kier alpha value is -3.82. The van der Waals surface area contributed by atoms with Crippen molar-refractivity contribution in [2.75, 3.05) is 13.1 Å². The third kappa shape index (κ3) is 3.97. The molecule has 1 fully saturated rings. The lowest BCUT2D eigenvalue weighted by molar-refractivity contribution is 0.0576. The third-order valence-electron chi connectivity index (χ3n) is 5.05. The van der Waals surface area contributed by atoms with Crippen LogP contribution in [0.2, 0.25) is 0 Å². The number of ether oxygens (including phenoxy) is 1. The monoisotopic (exact) mass is 408 g/mol. The maximum absolute atomic E-state index is 12.6. The summed E-state index contributed by atoms with van der Waals surface area (Å²) in [5.41, 5.74) is 0.624. The minimum atomic E-state index is -0.607. The van der Waals surface area contributed by atoms with Crippen molar-refractivity contribution in [2.45, 2.75) is 18.9 Å². The van der Waals surface area contributed by atoms with Crippen molar-refractivity contribution in [1.82, 2.24) is 29.4 Å². The Kier molecular flexibility index (Phi) is 5.38. The van der Waals surface area contributed by atoms with Crippen LogP contribution in [-0.4, -0.2) is 54.5 Å². The zero-order valence-electron chi connectivity index (χ0n) is 16.3. The van der Waals surface area contributed by atoms with E-state index in [2.05, 4.69) is 19.9 Å². The zero-order chi connectivity index (χ0) is 21.1. The van der Waals surface area contributed by atoms with E-state index >= 15 is 0 Å². The number of aromatic nitrogens is 5. The molecule has 1 aliphatic heterocycles. The molecule has 10 heteroatoms. The molecule has 1 amide bonds. The summed E-state index contributed by atoms with van der Waals surface area (Å²) in [5.74, 6) is -0.400. The summed E-state index contributed by atoms with van der Waals surface area (Å²) in [4.78, 5) is 52.8. The Morgan fingerprint density at radius 2 is 1.77 bits per heavy atom. The lowest BCUT2D eigenvalue weighted by Crippen LogP contribution is -2.45. The van der Waals surface area contributed by atoms with Gasteiger partial charge in [0.2, 0.25) is 0 Å². The summed E-state index contributed by atoms with van der Waals surface area (Å²) in [6.45, 7) is 0.863. The standard InChI is InChI=1S/C20H20N6O4/c1-25-17(27)16(12-24-20(25)29)18(28)26-8-4-15(5-9-26)30-19-22-10-14(11-23-19)13-2-6-21-7-3-13/h2-3,6-7,10-12,15H,4-5,8-9H2,1H3,(H,24,29). The summed E-state index contributed by atoms with van der Waals surface area (Å²) >= 11 is 0.